The van der Waals surface area contributed by atoms with Crippen molar-refractivity contribution in [3.05, 3.63) is 48.0 Å². The molecular weight excluding hydrogens is 422 g/mol. The number of sulfonamides is 1. The van der Waals surface area contributed by atoms with E-state index >= 15 is 0 Å². The minimum Gasteiger partial charge on any atom is -0.322 e. The Morgan fingerprint density at radius 2 is 1.73 bits per heavy atom. The molecule has 0 radical (unpaired) electrons. The lowest BCUT2D eigenvalue weighted by molar-refractivity contribution is -0.116. The molecule has 1 N–H and O–H groups in total. The molecule has 0 aliphatic carbocycles. The fourth-order valence-corrected chi connectivity index (χ4v) is 6.08. The van der Waals surface area contributed by atoms with Gasteiger partial charge in [-0.15, -0.1) is 11.8 Å². The van der Waals surface area contributed by atoms with Crippen LogP contribution in [0.1, 0.15) is 29.6 Å². The van der Waals surface area contributed by atoms with E-state index in [-0.39, 0.29) is 16.7 Å². The number of thioether (sulfide) groups is 1. The van der Waals surface area contributed by atoms with Crippen LogP contribution in [0.15, 0.2) is 52.3 Å². The molecule has 2 aromatic carbocycles. The number of fused-ring (bicyclic) bond motifs is 1. The smallest absolute Gasteiger partial charge is 0.255 e. The second kappa shape index (κ2) is 8.41. The maximum absolute atomic E-state index is 12.7. The standard InChI is InChI=1S/C21H23N3O4S2/c1-23-18-13-15(5-10-19(18)29-14-20(23)25)21(26)22-16-6-8-17(9-7-16)30(27,28)24-11-3-2-4-12-24/h5-10,13H,2-4,11-12,14H2,1H3,(H,22,26). The van der Waals surface area contributed by atoms with E-state index in [9.17, 15) is 18.0 Å². The molecule has 0 unspecified atom stereocenters. The average molecular weight is 446 g/mol. The topological polar surface area (TPSA) is 86.8 Å². The quantitative estimate of drug-likeness (QED) is 0.781. The van der Waals surface area contributed by atoms with Gasteiger partial charge in [0.1, 0.15) is 0 Å². The fourth-order valence-electron chi connectivity index (χ4n) is 3.58. The second-order valence-electron chi connectivity index (χ2n) is 7.37. The first kappa shape index (κ1) is 20.9. The molecule has 158 valence electrons. The maximum atomic E-state index is 12.7. The van der Waals surface area contributed by atoms with Crippen molar-refractivity contribution in [2.45, 2.75) is 29.1 Å². The summed E-state index contributed by atoms with van der Waals surface area (Å²) in [7, 11) is -1.80. The monoisotopic (exact) mass is 445 g/mol. The van der Waals surface area contributed by atoms with Gasteiger partial charge in [-0.1, -0.05) is 6.42 Å². The normalized spacial score (nSPS) is 17.5. The van der Waals surface area contributed by atoms with E-state index in [1.807, 2.05) is 6.07 Å². The number of nitrogens with one attached hydrogen (secondary N) is 1. The molecule has 1 fully saturated rings. The summed E-state index contributed by atoms with van der Waals surface area (Å²) >= 11 is 1.46. The van der Waals surface area contributed by atoms with Crippen LogP contribution >= 0.6 is 11.8 Å². The van der Waals surface area contributed by atoms with Crippen LogP contribution in [-0.4, -0.2) is 50.4 Å². The van der Waals surface area contributed by atoms with Gasteiger partial charge in [-0.3, -0.25) is 9.59 Å². The zero-order valence-electron chi connectivity index (χ0n) is 16.6. The Morgan fingerprint density at radius 1 is 1.03 bits per heavy atom. The van der Waals surface area contributed by atoms with Gasteiger partial charge in [0.2, 0.25) is 15.9 Å². The molecule has 0 saturated carbocycles. The van der Waals surface area contributed by atoms with Crippen molar-refractivity contribution in [1.82, 2.24) is 4.31 Å². The lowest BCUT2D eigenvalue weighted by Crippen LogP contribution is -2.35. The summed E-state index contributed by atoms with van der Waals surface area (Å²) < 4.78 is 27.0. The van der Waals surface area contributed by atoms with Crippen LogP contribution in [0.25, 0.3) is 0 Å². The summed E-state index contributed by atoms with van der Waals surface area (Å²) in [5.74, 6) is 0.0678. The maximum Gasteiger partial charge on any atom is 0.255 e. The number of hydrogen-bond acceptors (Lipinski definition) is 5. The molecule has 1 saturated heterocycles. The van der Waals surface area contributed by atoms with Gasteiger partial charge in [0, 0.05) is 36.3 Å². The lowest BCUT2D eigenvalue weighted by Gasteiger charge is -2.26. The third kappa shape index (κ3) is 4.10. The predicted molar refractivity (Wildman–Crippen MR) is 118 cm³/mol. The van der Waals surface area contributed by atoms with Crippen molar-refractivity contribution in [1.29, 1.82) is 0 Å². The van der Waals surface area contributed by atoms with Crippen molar-refractivity contribution >= 4 is 45.0 Å². The van der Waals surface area contributed by atoms with Gasteiger partial charge in [-0.2, -0.15) is 4.31 Å². The Morgan fingerprint density at radius 3 is 2.43 bits per heavy atom. The van der Waals surface area contributed by atoms with Gasteiger partial charge in [-0.05, 0) is 55.3 Å². The van der Waals surface area contributed by atoms with Gasteiger partial charge in [0.05, 0.1) is 16.3 Å². The third-order valence-corrected chi connectivity index (χ3v) is 8.33. The molecule has 9 heteroatoms. The van der Waals surface area contributed by atoms with Crippen LogP contribution in [0, 0.1) is 0 Å². The Hall–Kier alpha value is -2.36. The molecule has 7 nitrogen and oxygen atoms in total. The molecule has 2 heterocycles. The summed E-state index contributed by atoms with van der Waals surface area (Å²) in [6.45, 7) is 1.10. The molecular formula is C21H23N3O4S2. The molecule has 0 spiro atoms. The van der Waals surface area contributed by atoms with E-state index < -0.39 is 10.0 Å². The van der Waals surface area contributed by atoms with Crippen LogP contribution in [0.5, 0.6) is 0 Å². The summed E-state index contributed by atoms with van der Waals surface area (Å²) in [6.07, 6.45) is 2.82. The van der Waals surface area contributed by atoms with Crippen molar-refractivity contribution < 1.29 is 18.0 Å². The zero-order chi connectivity index (χ0) is 21.3. The Kier molecular flexibility index (Phi) is 5.86. The van der Waals surface area contributed by atoms with E-state index in [0.29, 0.717) is 35.8 Å². The molecule has 2 aliphatic rings. The largest absolute Gasteiger partial charge is 0.322 e. The highest BCUT2D eigenvalue weighted by Crippen LogP contribution is 2.35. The zero-order valence-corrected chi connectivity index (χ0v) is 18.3. The summed E-state index contributed by atoms with van der Waals surface area (Å²) in [5.41, 5.74) is 1.65. The van der Waals surface area contributed by atoms with Crippen LogP contribution in [-0.2, 0) is 14.8 Å². The Balaban J connectivity index is 1.48. The number of benzene rings is 2. The molecule has 2 amide bonds. The molecule has 2 aromatic rings. The summed E-state index contributed by atoms with van der Waals surface area (Å²) in [4.78, 5) is 27.3. The predicted octanol–water partition coefficient (Wildman–Crippen LogP) is 3.18. The summed E-state index contributed by atoms with van der Waals surface area (Å²) in [5, 5.41) is 2.79. The number of anilines is 2. The number of rotatable bonds is 4. The minimum absolute atomic E-state index is 0.00411. The third-order valence-electron chi connectivity index (χ3n) is 5.37. The second-order valence-corrected chi connectivity index (χ2v) is 10.3. The highest BCUT2D eigenvalue weighted by molar-refractivity contribution is 8.00. The number of carbonyl (C=O) groups excluding carboxylic acids is 2. The first-order valence-electron chi connectivity index (χ1n) is 9.81. The van der Waals surface area contributed by atoms with Crippen molar-refractivity contribution in [2.24, 2.45) is 0 Å². The van der Waals surface area contributed by atoms with Gasteiger partial charge >= 0.3 is 0 Å². The van der Waals surface area contributed by atoms with Crippen LogP contribution in [0.3, 0.4) is 0 Å². The van der Waals surface area contributed by atoms with Gasteiger partial charge in [0.25, 0.3) is 5.91 Å². The lowest BCUT2D eigenvalue weighted by atomic mass is 10.1. The Bertz CT molecular complexity index is 1080. The molecule has 30 heavy (non-hydrogen) atoms. The van der Waals surface area contributed by atoms with E-state index in [0.717, 1.165) is 24.2 Å². The van der Waals surface area contributed by atoms with Crippen LogP contribution in [0.4, 0.5) is 11.4 Å². The molecule has 0 aromatic heterocycles. The first-order chi connectivity index (χ1) is 14.4. The van der Waals surface area contributed by atoms with E-state index in [2.05, 4.69) is 5.32 Å². The van der Waals surface area contributed by atoms with Gasteiger partial charge in [-0.25, -0.2) is 8.42 Å². The summed E-state index contributed by atoms with van der Waals surface area (Å²) in [6, 6.07) is 11.5. The average Bonchev–Trinajstić information content (AvgIpc) is 2.77. The SMILES string of the molecule is CN1C(=O)CSc2ccc(C(=O)Nc3ccc(S(=O)(=O)N4CCCCC4)cc3)cc21. The molecule has 4 rings (SSSR count). The van der Waals surface area contributed by atoms with Crippen molar-refractivity contribution in [3.8, 4) is 0 Å². The Labute approximate surface area is 180 Å². The molecule has 2 aliphatic heterocycles. The molecule has 0 atom stereocenters. The van der Waals surface area contributed by atoms with Gasteiger partial charge in [0.15, 0.2) is 0 Å². The van der Waals surface area contributed by atoms with E-state index in [4.69, 9.17) is 0 Å². The van der Waals surface area contributed by atoms with E-state index in [1.54, 1.807) is 36.2 Å². The van der Waals surface area contributed by atoms with Gasteiger partial charge < -0.3 is 10.2 Å². The molecule has 0 bridgehead atoms. The first-order valence-corrected chi connectivity index (χ1v) is 12.2. The number of hydrogen-bond donors (Lipinski definition) is 1. The number of carbonyl (C=O) groups is 2. The van der Waals surface area contributed by atoms with E-state index in [1.165, 1.54) is 28.2 Å². The number of nitrogens with zero attached hydrogens (tertiary/aromatic N) is 2. The van der Waals surface area contributed by atoms with Crippen molar-refractivity contribution in [3.63, 3.8) is 0 Å². The highest BCUT2D eigenvalue weighted by Gasteiger charge is 2.26. The van der Waals surface area contributed by atoms with Crippen molar-refractivity contribution in [2.75, 3.05) is 36.1 Å². The number of piperidine rings is 1. The fraction of sp³-hybridized carbons (Fsp3) is 0.333. The number of amides is 2. The minimum atomic E-state index is -3.50. The highest BCUT2D eigenvalue weighted by atomic mass is 32.2. The van der Waals surface area contributed by atoms with Crippen LogP contribution < -0.4 is 10.2 Å². The van der Waals surface area contributed by atoms with Crippen LogP contribution in [0.2, 0.25) is 0 Å².